The minimum atomic E-state index is -0.183. The Morgan fingerprint density at radius 3 is 2.39 bits per heavy atom. The molecule has 0 aliphatic heterocycles. The van der Waals surface area contributed by atoms with Gasteiger partial charge in [-0.3, -0.25) is 0 Å². The quantitative estimate of drug-likeness (QED) is 0.733. The Morgan fingerprint density at radius 2 is 1.89 bits per heavy atom. The zero-order valence-corrected chi connectivity index (χ0v) is 12.7. The fourth-order valence-electron chi connectivity index (χ4n) is 3.31. The van der Waals surface area contributed by atoms with Gasteiger partial charge in [0, 0.05) is 19.1 Å². The van der Waals surface area contributed by atoms with E-state index in [1.54, 1.807) is 0 Å². The van der Waals surface area contributed by atoms with Gasteiger partial charge in [0.25, 0.3) is 0 Å². The number of aliphatic hydroxyl groups is 1. The third-order valence-electron chi connectivity index (χ3n) is 3.90. The van der Waals surface area contributed by atoms with Crippen molar-refractivity contribution in [3.8, 4) is 0 Å². The van der Waals surface area contributed by atoms with Crippen LogP contribution in [0.1, 0.15) is 52.9 Å². The molecule has 0 saturated heterocycles. The van der Waals surface area contributed by atoms with Crippen molar-refractivity contribution < 1.29 is 5.11 Å². The molecule has 1 aliphatic carbocycles. The first kappa shape index (κ1) is 15.9. The molecule has 0 aromatic rings. The van der Waals surface area contributed by atoms with E-state index in [9.17, 15) is 5.11 Å². The van der Waals surface area contributed by atoms with Crippen LogP contribution in [0.3, 0.4) is 0 Å². The lowest BCUT2D eigenvalue weighted by atomic mass is 9.88. The van der Waals surface area contributed by atoms with Crippen LogP contribution in [0.25, 0.3) is 0 Å². The number of nitrogens with one attached hydrogen (secondary N) is 1. The van der Waals surface area contributed by atoms with Gasteiger partial charge in [0.2, 0.25) is 0 Å². The van der Waals surface area contributed by atoms with E-state index in [-0.39, 0.29) is 12.1 Å². The van der Waals surface area contributed by atoms with E-state index in [1.165, 1.54) is 38.6 Å². The molecule has 0 heterocycles. The second-order valence-electron chi connectivity index (χ2n) is 6.72. The van der Waals surface area contributed by atoms with Gasteiger partial charge in [0.1, 0.15) is 0 Å². The molecule has 1 rings (SSSR count). The maximum Gasteiger partial charge on any atom is 0.0623 e. The Bertz CT molecular complexity index is 227. The minimum absolute atomic E-state index is 0.183. The van der Waals surface area contributed by atoms with Gasteiger partial charge >= 0.3 is 0 Å². The highest BCUT2D eigenvalue weighted by Crippen LogP contribution is 2.24. The van der Waals surface area contributed by atoms with Crippen molar-refractivity contribution in [2.24, 2.45) is 5.92 Å². The molecule has 108 valence electrons. The van der Waals surface area contributed by atoms with Gasteiger partial charge in [-0.25, -0.2) is 0 Å². The summed E-state index contributed by atoms with van der Waals surface area (Å²) in [4.78, 5) is 2.39. The summed E-state index contributed by atoms with van der Waals surface area (Å²) in [5.41, 5.74) is -0.183. The molecule has 0 aromatic carbocycles. The molecule has 0 amide bonds. The third-order valence-corrected chi connectivity index (χ3v) is 3.90. The summed E-state index contributed by atoms with van der Waals surface area (Å²) in [5, 5.41) is 13.1. The molecule has 2 N–H and O–H groups in total. The molecule has 0 radical (unpaired) electrons. The number of likely N-dealkylation sites (N-methyl/N-ethyl adjacent to an activating group) is 1. The Labute approximate surface area is 113 Å². The van der Waals surface area contributed by atoms with Gasteiger partial charge in [-0.15, -0.1) is 0 Å². The molecule has 1 aliphatic rings. The van der Waals surface area contributed by atoms with Crippen LogP contribution in [-0.2, 0) is 0 Å². The van der Waals surface area contributed by atoms with Crippen molar-refractivity contribution >= 4 is 0 Å². The van der Waals surface area contributed by atoms with Crippen molar-refractivity contribution in [2.45, 2.75) is 64.5 Å². The van der Waals surface area contributed by atoms with E-state index in [2.05, 4.69) is 38.0 Å². The largest absolute Gasteiger partial charge is 0.394 e. The molecular formula is C15H32N2O. The lowest BCUT2D eigenvalue weighted by molar-refractivity contribution is 0.113. The third kappa shape index (κ3) is 5.68. The van der Waals surface area contributed by atoms with Crippen molar-refractivity contribution in [3.63, 3.8) is 0 Å². The first-order valence-electron chi connectivity index (χ1n) is 7.52. The smallest absolute Gasteiger partial charge is 0.0623 e. The number of hydrogen-bond donors (Lipinski definition) is 2. The Kier molecular flexibility index (Phi) is 6.61. The van der Waals surface area contributed by atoms with Gasteiger partial charge in [0.05, 0.1) is 12.1 Å². The van der Waals surface area contributed by atoms with E-state index in [0.717, 1.165) is 12.5 Å². The molecule has 3 heteroatoms. The monoisotopic (exact) mass is 256 g/mol. The minimum Gasteiger partial charge on any atom is -0.394 e. The number of aliphatic hydroxyl groups excluding tert-OH is 1. The average Bonchev–Trinajstić information content (AvgIpc) is 2.28. The van der Waals surface area contributed by atoms with Crippen molar-refractivity contribution in [2.75, 3.05) is 26.7 Å². The highest BCUT2D eigenvalue weighted by atomic mass is 16.3. The molecular weight excluding hydrogens is 224 g/mol. The Balaban J connectivity index is 2.38. The predicted molar refractivity (Wildman–Crippen MR) is 77.8 cm³/mol. The molecule has 3 nitrogen and oxygen atoms in total. The topological polar surface area (TPSA) is 35.5 Å². The zero-order valence-electron chi connectivity index (χ0n) is 12.7. The van der Waals surface area contributed by atoms with Crippen molar-refractivity contribution in [1.29, 1.82) is 0 Å². The average molecular weight is 256 g/mol. The second-order valence-corrected chi connectivity index (χ2v) is 6.72. The van der Waals surface area contributed by atoms with Gasteiger partial charge in [-0.1, -0.05) is 33.1 Å². The number of nitrogens with zero attached hydrogens (tertiary/aromatic N) is 1. The normalized spacial score (nSPS) is 21.5. The lowest BCUT2D eigenvalue weighted by Crippen LogP contribution is -2.56. The van der Waals surface area contributed by atoms with Gasteiger partial charge in [0.15, 0.2) is 0 Å². The Morgan fingerprint density at radius 1 is 1.28 bits per heavy atom. The van der Waals surface area contributed by atoms with Crippen LogP contribution in [0.5, 0.6) is 0 Å². The van der Waals surface area contributed by atoms with Gasteiger partial charge < -0.3 is 15.3 Å². The van der Waals surface area contributed by atoms with E-state index >= 15 is 0 Å². The van der Waals surface area contributed by atoms with Crippen molar-refractivity contribution in [1.82, 2.24) is 10.2 Å². The first-order chi connectivity index (χ1) is 8.45. The molecule has 1 unspecified atom stereocenters. The van der Waals surface area contributed by atoms with Crippen LogP contribution < -0.4 is 5.32 Å². The van der Waals surface area contributed by atoms with E-state index in [1.807, 2.05) is 0 Å². The molecule has 18 heavy (non-hydrogen) atoms. The van der Waals surface area contributed by atoms with Crippen LogP contribution in [-0.4, -0.2) is 48.3 Å². The van der Waals surface area contributed by atoms with E-state index in [0.29, 0.717) is 6.04 Å². The highest BCUT2D eigenvalue weighted by molar-refractivity contribution is 4.87. The summed E-state index contributed by atoms with van der Waals surface area (Å²) >= 11 is 0. The summed E-state index contributed by atoms with van der Waals surface area (Å²) < 4.78 is 0. The number of hydrogen-bond acceptors (Lipinski definition) is 3. The Hall–Kier alpha value is -0.120. The molecule has 1 saturated carbocycles. The van der Waals surface area contributed by atoms with E-state index < -0.39 is 0 Å². The molecule has 1 atom stereocenters. The summed E-state index contributed by atoms with van der Waals surface area (Å²) in [5.74, 6) is 0.866. The van der Waals surface area contributed by atoms with E-state index in [4.69, 9.17) is 0 Å². The summed E-state index contributed by atoms with van der Waals surface area (Å²) in [6.07, 6.45) is 7.00. The highest BCUT2D eigenvalue weighted by Gasteiger charge is 2.26. The molecule has 0 bridgehead atoms. The van der Waals surface area contributed by atoms with Crippen LogP contribution in [0, 0.1) is 5.92 Å². The second kappa shape index (κ2) is 7.46. The fourth-order valence-corrected chi connectivity index (χ4v) is 3.31. The zero-order chi connectivity index (χ0) is 13.6. The molecule has 0 spiro atoms. The van der Waals surface area contributed by atoms with Gasteiger partial charge in [-0.05, 0) is 32.7 Å². The van der Waals surface area contributed by atoms with Crippen LogP contribution in [0.2, 0.25) is 0 Å². The van der Waals surface area contributed by atoms with Gasteiger partial charge in [-0.2, -0.15) is 0 Å². The summed E-state index contributed by atoms with van der Waals surface area (Å²) in [7, 11) is 2.19. The molecule has 0 aromatic heterocycles. The van der Waals surface area contributed by atoms with Crippen LogP contribution >= 0.6 is 0 Å². The first-order valence-corrected chi connectivity index (χ1v) is 7.52. The molecule has 1 fully saturated rings. The van der Waals surface area contributed by atoms with Crippen LogP contribution in [0.15, 0.2) is 0 Å². The van der Waals surface area contributed by atoms with Crippen LogP contribution in [0.4, 0.5) is 0 Å². The summed E-state index contributed by atoms with van der Waals surface area (Å²) in [6.45, 7) is 8.67. The lowest BCUT2D eigenvalue weighted by Gasteiger charge is -2.36. The number of rotatable bonds is 7. The predicted octanol–water partition coefficient (Wildman–Crippen LogP) is 2.25. The van der Waals surface area contributed by atoms with Crippen molar-refractivity contribution in [3.05, 3.63) is 0 Å². The maximum absolute atomic E-state index is 9.60. The standard InChI is InChI=1S/C15H32N2O/c1-13(2)16-15(3,12-18)11-17(4)10-14-8-6-5-7-9-14/h13-14,16,18H,5-12H2,1-4H3. The summed E-state index contributed by atoms with van der Waals surface area (Å²) in [6, 6.07) is 0.408. The SMILES string of the molecule is CC(C)NC(C)(CO)CN(C)CC1CCCCC1. The maximum atomic E-state index is 9.60. The fraction of sp³-hybridized carbons (Fsp3) is 1.00.